The number of aliphatic imine (C=N–C) groups is 1. The summed E-state index contributed by atoms with van der Waals surface area (Å²) in [4.78, 5) is 3.47. The van der Waals surface area contributed by atoms with Gasteiger partial charge in [-0.25, -0.2) is 8.42 Å². The fourth-order valence-corrected chi connectivity index (χ4v) is 1.68. The van der Waals surface area contributed by atoms with Gasteiger partial charge in [0.2, 0.25) is 5.17 Å². The number of amidine groups is 1. The molecule has 1 rings (SSSR count). The molecule has 0 atom stereocenters. The van der Waals surface area contributed by atoms with E-state index in [9.17, 15) is 8.42 Å². The minimum Gasteiger partial charge on any atom is -0.335 e. The van der Waals surface area contributed by atoms with E-state index in [1.54, 1.807) is 0 Å². The van der Waals surface area contributed by atoms with Crippen molar-refractivity contribution >= 4 is 26.6 Å². The van der Waals surface area contributed by atoms with Crippen LogP contribution in [-0.4, -0.2) is 20.6 Å². The van der Waals surface area contributed by atoms with Gasteiger partial charge in [-0.1, -0.05) is 11.6 Å². The lowest BCUT2D eigenvalue weighted by molar-refractivity contribution is 0.614. The first kappa shape index (κ1) is 7.56. The average molecular weight is 181 g/mol. The van der Waals surface area contributed by atoms with Crippen LogP contribution in [-0.2, 0) is 9.84 Å². The molecule has 1 aliphatic rings. The first-order valence-electron chi connectivity index (χ1n) is 2.43. The highest BCUT2D eigenvalue weighted by molar-refractivity contribution is 8.11. The minimum atomic E-state index is -3.45. The van der Waals surface area contributed by atoms with E-state index in [1.165, 1.54) is 13.2 Å². The molecule has 1 aliphatic heterocycles. The van der Waals surface area contributed by atoms with E-state index in [4.69, 9.17) is 11.6 Å². The summed E-state index contributed by atoms with van der Waals surface area (Å²) in [5.74, 6) is 0. The van der Waals surface area contributed by atoms with Crippen molar-refractivity contribution < 1.29 is 8.42 Å². The Balaban J connectivity index is 3.22. The highest BCUT2D eigenvalue weighted by Crippen LogP contribution is 2.16. The Morgan fingerprint density at radius 2 is 2.30 bits per heavy atom. The van der Waals surface area contributed by atoms with Gasteiger partial charge in [-0.2, -0.15) is 0 Å². The molecule has 0 fully saturated rings. The van der Waals surface area contributed by atoms with Crippen LogP contribution in [0.2, 0.25) is 0 Å². The van der Waals surface area contributed by atoms with Crippen LogP contribution in [0.1, 0.15) is 0 Å². The quantitative estimate of drug-likeness (QED) is 0.572. The summed E-state index contributed by atoms with van der Waals surface area (Å²) in [6.45, 7) is 0. The summed E-state index contributed by atoms with van der Waals surface area (Å²) in [7, 11) is -2.07. The van der Waals surface area contributed by atoms with Crippen LogP contribution >= 0.6 is 11.6 Å². The summed E-state index contributed by atoms with van der Waals surface area (Å²) in [5.41, 5.74) is 0. The van der Waals surface area contributed by atoms with Crippen LogP contribution in [0.15, 0.2) is 15.6 Å². The molecule has 0 aliphatic carbocycles. The molecule has 0 aromatic carbocycles. The molecule has 4 nitrogen and oxygen atoms in total. The van der Waals surface area contributed by atoms with Gasteiger partial charge in [0.05, 0.1) is 0 Å². The number of nitrogens with zero attached hydrogens (tertiary/aromatic N) is 1. The lowest BCUT2D eigenvalue weighted by atomic mass is 11.0. The highest BCUT2D eigenvalue weighted by atomic mass is 35.5. The predicted molar refractivity (Wildman–Crippen MR) is 39.4 cm³/mol. The molecule has 0 unspecified atom stereocenters. The summed E-state index contributed by atoms with van der Waals surface area (Å²) >= 11 is 5.31. The highest BCUT2D eigenvalue weighted by Gasteiger charge is 2.28. The third kappa shape index (κ3) is 0.911. The summed E-state index contributed by atoms with van der Waals surface area (Å²) in [6.07, 6.45) is 1.19. The van der Waals surface area contributed by atoms with Crippen molar-refractivity contribution in [3.05, 3.63) is 10.6 Å². The second kappa shape index (κ2) is 2.25. The molecule has 0 aromatic rings. The molecule has 56 valence electrons. The smallest absolute Gasteiger partial charge is 0.251 e. The van der Waals surface area contributed by atoms with E-state index in [0.29, 0.717) is 0 Å². The predicted octanol–water partition coefficient (Wildman–Crippen LogP) is 0.0279. The monoisotopic (exact) mass is 180 g/mol. The number of hydrogen-bond acceptors (Lipinski definition) is 3. The zero-order valence-corrected chi connectivity index (χ0v) is 6.70. The lowest BCUT2D eigenvalue weighted by Gasteiger charge is -1.92. The Hall–Kier alpha value is -0.550. The van der Waals surface area contributed by atoms with E-state index in [2.05, 4.69) is 10.3 Å². The molecular formula is C4H5ClN2O2S. The molecule has 6 heteroatoms. The Morgan fingerprint density at radius 1 is 1.70 bits per heavy atom. The second-order valence-corrected chi connectivity index (χ2v) is 4.09. The lowest BCUT2D eigenvalue weighted by Crippen LogP contribution is -2.19. The zero-order chi connectivity index (χ0) is 7.78. The van der Waals surface area contributed by atoms with Gasteiger partial charge in [-0.05, 0) is 0 Å². The van der Waals surface area contributed by atoms with E-state index in [0.717, 1.165) is 0 Å². The summed E-state index contributed by atoms with van der Waals surface area (Å²) < 4.78 is 21.6. The molecule has 0 amide bonds. The molecule has 0 saturated carbocycles. The van der Waals surface area contributed by atoms with E-state index < -0.39 is 9.84 Å². The number of rotatable bonds is 0. The Labute approximate surface area is 63.5 Å². The van der Waals surface area contributed by atoms with Crippen LogP contribution in [0.25, 0.3) is 0 Å². The van der Waals surface area contributed by atoms with Gasteiger partial charge < -0.3 is 5.32 Å². The third-order valence-corrected chi connectivity index (χ3v) is 3.18. The standard InChI is InChI=1S/C4H5ClN2O2S/c1-6-4-7-2-3(5)10(4,8)9/h2H,1H3,(H,6,7). The van der Waals surface area contributed by atoms with Gasteiger partial charge in [0.15, 0.2) is 4.36 Å². The van der Waals surface area contributed by atoms with Crippen molar-refractivity contribution in [2.45, 2.75) is 0 Å². The SMILES string of the molecule is CN=C1NC=C(Cl)S1(=O)=O. The van der Waals surface area contributed by atoms with E-state index in [1.807, 2.05) is 0 Å². The maximum atomic E-state index is 10.9. The van der Waals surface area contributed by atoms with Crippen LogP contribution in [0.5, 0.6) is 0 Å². The number of sulfone groups is 1. The maximum absolute atomic E-state index is 10.9. The van der Waals surface area contributed by atoms with Crippen LogP contribution in [0.3, 0.4) is 0 Å². The minimum absolute atomic E-state index is 0.0995. The normalized spacial score (nSPS) is 26.2. The maximum Gasteiger partial charge on any atom is 0.251 e. The van der Waals surface area contributed by atoms with Crippen molar-refractivity contribution in [2.75, 3.05) is 7.05 Å². The van der Waals surface area contributed by atoms with Crippen molar-refractivity contribution in [2.24, 2.45) is 4.99 Å². The average Bonchev–Trinajstić information content (AvgIpc) is 2.10. The van der Waals surface area contributed by atoms with Crippen molar-refractivity contribution in [1.29, 1.82) is 0 Å². The summed E-state index contributed by atoms with van der Waals surface area (Å²) in [5, 5.41) is 2.31. The van der Waals surface area contributed by atoms with Gasteiger partial charge in [-0.3, -0.25) is 4.99 Å². The molecule has 1 N–H and O–H groups in total. The number of hydrogen-bond donors (Lipinski definition) is 1. The van der Waals surface area contributed by atoms with E-state index in [-0.39, 0.29) is 9.53 Å². The molecule has 0 spiro atoms. The second-order valence-electron chi connectivity index (χ2n) is 1.62. The third-order valence-electron chi connectivity index (χ3n) is 1.02. The fraction of sp³-hybridized carbons (Fsp3) is 0.250. The van der Waals surface area contributed by atoms with Crippen LogP contribution < -0.4 is 5.32 Å². The van der Waals surface area contributed by atoms with Gasteiger partial charge in [0.25, 0.3) is 9.84 Å². The summed E-state index contributed by atoms with van der Waals surface area (Å²) in [6, 6.07) is 0. The topological polar surface area (TPSA) is 58.5 Å². The van der Waals surface area contributed by atoms with Crippen molar-refractivity contribution in [3.63, 3.8) is 0 Å². The van der Waals surface area contributed by atoms with Crippen LogP contribution in [0, 0.1) is 0 Å². The molecule has 1 heterocycles. The molecule has 0 aromatic heterocycles. The van der Waals surface area contributed by atoms with Crippen molar-refractivity contribution in [3.8, 4) is 0 Å². The first-order chi connectivity index (χ1) is 4.59. The zero-order valence-electron chi connectivity index (χ0n) is 5.13. The molecular weight excluding hydrogens is 176 g/mol. The Kier molecular flexibility index (Phi) is 1.70. The van der Waals surface area contributed by atoms with Gasteiger partial charge >= 0.3 is 0 Å². The fourth-order valence-electron chi connectivity index (χ4n) is 0.551. The number of halogens is 1. The van der Waals surface area contributed by atoms with Crippen LogP contribution in [0.4, 0.5) is 0 Å². The Morgan fingerprint density at radius 3 is 2.50 bits per heavy atom. The molecule has 0 saturated heterocycles. The largest absolute Gasteiger partial charge is 0.335 e. The first-order valence-corrected chi connectivity index (χ1v) is 4.29. The molecule has 0 radical (unpaired) electrons. The van der Waals surface area contributed by atoms with E-state index >= 15 is 0 Å². The Bertz CT molecular complexity index is 303. The molecule has 0 bridgehead atoms. The van der Waals surface area contributed by atoms with Gasteiger partial charge in [0, 0.05) is 13.2 Å². The molecule has 10 heavy (non-hydrogen) atoms. The van der Waals surface area contributed by atoms with Crippen molar-refractivity contribution in [1.82, 2.24) is 5.32 Å². The van der Waals surface area contributed by atoms with Gasteiger partial charge in [0.1, 0.15) is 0 Å². The van der Waals surface area contributed by atoms with Gasteiger partial charge in [-0.15, -0.1) is 0 Å². The number of nitrogens with one attached hydrogen (secondary N) is 1.